The van der Waals surface area contributed by atoms with E-state index in [0.717, 1.165) is 6.07 Å². The monoisotopic (exact) mass is 600 g/mol. The molecule has 0 bridgehead atoms. The van der Waals surface area contributed by atoms with E-state index in [1.807, 2.05) is 0 Å². The van der Waals surface area contributed by atoms with E-state index in [2.05, 4.69) is 36.4 Å². The van der Waals surface area contributed by atoms with Gasteiger partial charge in [0, 0.05) is 30.1 Å². The Bertz CT molecular complexity index is 1580. The van der Waals surface area contributed by atoms with E-state index >= 15 is 0 Å². The molecule has 4 aromatic rings. The van der Waals surface area contributed by atoms with Crippen molar-refractivity contribution >= 4 is 60.8 Å². The minimum absolute atomic E-state index is 0.0582. The lowest BCUT2D eigenvalue weighted by molar-refractivity contribution is -0.390. The van der Waals surface area contributed by atoms with Crippen LogP contribution in [-0.4, -0.2) is 41.3 Å². The molecule has 2 amide bonds. The lowest BCUT2D eigenvalue weighted by Crippen LogP contribution is -2.18. The van der Waals surface area contributed by atoms with Crippen LogP contribution >= 0.6 is 27.3 Å². The molecule has 3 N–H and O–H groups in total. The maximum atomic E-state index is 13.6. The van der Waals surface area contributed by atoms with Crippen LogP contribution < -0.4 is 11.1 Å². The number of nitrogens with two attached hydrogens (primary N) is 1. The molecule has 0 spiro atoms. The number of thiophene rings is 1. The van der Waals surface area contributed by atoms with Crippen LogP contribution in [0.25, 0.3) is 21.3 Å². The maximum absolute atomic E-state index is 13.6. The van der Waals surface area contributed by atoms with Crippen LogP contribution in [-0.2, 0) is 24.6 Å². The minimum Gasteiger partial charge on any atom is -0.365 e. The molecule has 0 fully saturated rings. The van der Waals surface area contributed by atoms with E-state index < -0.39 is 34.4 Å². The number of aryl methyl sites for hydroxylation is 2. The fourth-order valence-corrected chi connectivity index (χ4v) is 5.02. The van der Waals surface area contributed by atoms with Gasteiger partial charge in [0.1, 0.15) is 19.9 Å². The number of anilines is 1. The van der Waals surface area contributed by atoms with Gasteiger partial charge < -0.3 is 21.2 Å². The van der Waals surface area contributed by atoms with Crippen molar-refractivity contribution in [3.63, 3.8) is 0 Å². The highest BCUT2D eigenvalue weighted by molar-refractivity contribution is 9.10. The normalized spacial score (nSPS) is 11.7. The zero-order valence-electron chi connectivity index (χ0n) is 19.0. The summed E-state index contributed by atoms with van der Waals surface area (Å²) in [5, 5.41) is 21.5. The molecule has 12 nitrogen and oxygen atoms in total. The molecule has 0 aliphatic rings. The van der Waals surface area contributed by atoms with Crippen molar-refractivity contribution in [2.45, 2.75) is 26.1 Å². The summed E-state index contributed by atoms with van der Waals surface area (Å²) in [6.07, 6.45) is -2.30. The predicted octanol–water partition coefficient (Wildman–Crippen LogP) is 4.02. The van der Waals surface area contributed by atoms with Gasteiger partial charge in [0.25, 0.3) is 5.91 Å². The van der Waals surface area contributed by atoms with Crippen LogP contribution in [0.3, 0.4) is 0 Å². The van der Waals surface area contributed by atoms with Gasteiger partial charge in [0.15, 0.2) is 0 Å². The van der Waals surface area contributed by atoms with Gasteiger partial charge in [-0.2, -0.15) is 23.0 Å². The molecule has 0 aliphatic heterocycles. The fourth-order valence-electron chi connectivity index (χ4n) is 3.56. The van der Waals surface area contributed by atoms with Crippen molar-refractivity contribution in [1.82, 2.24) is 24.5 Å². The minimum atomic E-state index is -4.78. The summed E-state index contributed by atoms with van der Waals surface area (Å²) < 4.78 is 43.7. The van der Waals surface area contributed by atoms with Crippen molar-refractivity contribution in [2.75, 3.05) is 5.32 Å². The smallest absolute Gasteiger partial charge is 0.365 e. The number of amides is 2. The molecule has 0 aliphatic carbocycles. The maximum Gasteiger partial charge on any atom is 0.433 e. The Hall–Kier alpha value is -3.86. The number of pyridine rings is 1. The number of primary amides is 1. The lowest BCUT2D eigenvalue weighted by Gasteiger charge is -2.12. The van der Waals surface area contributed by atoms with Crippen LogP contribution in [0.2, 0.25) is 0 Å². The van der Waals surface area contributed by atoms with Gasteiger partial charge in [0.2, 0.25) is 5.91 Å². The van der Waals surface area contributed by atoms with Crippen LogP contribution in [0, 0.1) is 17.0 Å². The number of carbonyl (C=O) groups is 2. The van der Waals surface area contributed by atoms with Gasteiger partial charge in [-0.05, 0) is 39.4 Å². The van der Waals surface area contributed by atoms with E-state index in [1.165, 1.54) is 21.8 Å². The third-order valence-electron chi connectivity index (χ3n) is 5.41. The number of nitro groups is 1. The van der Waals surface area contributed by atoms with Crippen LogP contribution in [0.1, 0.15) is 27.5 Å². The van der Waals surface area contributed by atoms with Gasteiger partial charge in [-0.25, -0.2) is 4.98 Å². The third kappa shape index (κ3) is 5.04. The second-order valence-electron chi connectivity index (χ2n) is 7.79. The quantitative estimate of drug-likeness (QED) is 0.239. The van der Waals surface area contributed by atoms with E-state index in [4.69, 9.17) is 5.73 Å². The summed E-state index contributed by atoms with van der Waals surface area (Å²) in [6, 6.07) is 0.833. The summed E-state index contributed by atoms with van der Waals surface area (Å²) in [7, 11) is 1.62. The highest BCUT2D eigenvalue weighted by Crippen LogP contribution is 2.44. The summed E-state index contributed by atoms with van der Waals surface area (Å²) in [6.45, 7) is 1.60. The zero-order valence-corrected chi connectivity index (χ0v) is 21.4. The number of alkyl halides is 3. The molecule has 0 radical (unpaired) electrons. The van der Waals surface area contributed by atoms with Crippen molar-refractivity contribution < 1.29 is 27.7 Å². The number of rotatable bonds is 7. The average Bonchev–Trinajstić information content (AvgIpc) is 3.47. The van der Waals surface area contributed by atoms with Crippen LogP contribution in [0.5, 0.6) is 0 Å². The number of fused-ring (bicyclic) bond motifs is 1. The number of carbonyl (C=O) groups excluding carboxylic acids is 2. The van der Waals surface area contributed by atoms with Gasteiger partial charge in [-0.1, -0.05) is 0 Å². The predicted molar refractivity (Wildman–Crippen MR) is 130 cm³/mol. The summed E-state index contributed by atoms with van der Waals surface area (Å²) in [4.78, 5) is 38.6. The molecule has 194 valence electrons. The Morgan fingerprint density at radius 2 is 2.03 bits per heavy atom. The molecule has 0 aromatic carbocycles. The first-order valence-corrected chi connectivity index (χ1v) is 11.9. The van der Waals surface area contributed by atoms with Crippen molar-refractivity contribution in [1.29, 1.82) is 0 Å². The third-order valence-corrected chi connectivity index (χ3v) is 7.06. The van der Waals surface area contributed by atoms with Gasteiger partial charge in [-0.3, -0.25) is 14.3 Å². The van der Waals surface area contributed by atoms with Gasteiger partial charge >= 0.3 is 12.0 Å². The standard InChI is InChI=1S/C20H16BrF3N8O4S/c1-8-10(6-26-30(8)2)9-5-12(20(22,23)24)27-19-14(9)15(16(37-19)17(25)34)28-13(33)3-4-31-7-11(21)18(29-31)32(35)36/h5-7H,3-4H2,1-2H3,(H2,25,34)(H,28,33). The van der Waals surface area contributed by atoms with E-state index in [0.29, 0.717) is 22.6 Å². The molecular weight excluding hydrogens is 585 g/mol. The Balaban J connectivity index is 1.78. The molecule has 37 heavy (non-hydrogen) atoms. The molecule has 0 atom stereocenters. The number of aromatic nitrogens is 5. The first kappa shape index (κ1) is 26.2. The SMILES string of the molecule is Cc1c(-c2cc(C(F)(F)F)nc3sc(C(N)=O)c(NC(=O)CCn4cc(Br)c([N+](=O)[O-])n4)c23)cnn1C. The van der Waals surface area contributed by atoms with Crippen LogP contribution in [0.4, 0.5) is 24.7 Å². The Kier molecular flexibility index (Phi) is 6.76. The highest BCUT2D eigenvalue weighted by Gasteiger charge is 2.35. The largest absolute Gasteiger partial charge is 0.433 e. The molecule has 0 saturated heterocycles. The molecule has 4 heterocycles. The Labute approximate surface area is 217 Å². The first-order chi connectivity index (χ1) is 17.3. The van der Waals surface area contributed by atoms with Gasteiger partial charge in [0.05, 0.1) is 29.7 Å². The molecule has 4 rings (SSSR count). The van der Waals surface area contributed by atoms with E-state index in [1.54, 1.807) is 14.0 Å². The number of halogens is 4. The Morgan fingerprint density at radius 1 is 1.32 bits per heavy atom. The number of hydrogen-bond donors (Lipinski definition) is 2. The first-order valence-electron chi connectivity index (χ1n) is 10.3. The summed E-state index contributed by atoms with van der Waals surface area (Å²) in [5.41, 5.74) is 5.17. The molecular formula is C20H16BrF3N8O4S. The molecule has 0 unspecified atom stereocenters. The second kappa shape index (κ2) is 9.55. The molecule has 0 saturated carbocycles. The van der Waals surface area contributed by atoms with Crippen molar-refractivity contribution in [3.05, 3.63) is 49.3 Å². The number of nitrogens with zero attached hydrogens (tertiary/aromatic N) is 6. The van der Waals surface area contributed by atoms with Gasteiger partial charge in [-0.15, -0.1) is 11.3 Å². The van der Waals surface area contributed by atoms with Crippen molar-refractivity contribution in [2.24, 2.45) is 12.8 Å². The zero-order chi connectivity index (χ0) is 27.2. The molecule has 17 heteroatoms. The lowest BCUT2D eigenvalue weighted by atomic mass is 10.0. The second-order valence-corrected chi connectivity index (χ2v) is 9.64. The van der Waals surface area contributed by atoms with Crippen molar-refractivity contribution in [3.8, 4) is 11.1 Å². The summed E-state index contributed by atoms with van der Waals surface area (Å²) >= 11 is 3.64. The summed E-state index contributed by atoms with van der Waals surface area (Å²) in [5.74, 6) is -2.03. The van der Waals surface area contributed by atoms with E-state index in [-0.39, 0.29) is 43.8 Å². The molecule has 4 aromatic heterocycles. The average molecular weight is 601 g/mol. The highest BCUT2D eigenvalue weighted by atomic mass is 79.9. The van der Waals surface area contributed by atoms with E-state index in [9.17, 15) is 32.9 Å². The Morgan fingerprint density at radius 3 is 2.57 bits per heavy atom. The van der Waals surface area contributed by atoms with Crippen LogP contribution in [0.15, 0.2) is 22.9 Å². The number of nitrogens with one attached hydrogen (secondary N) is 1. The topological polar surface area (TPSA) is 164 Å². The number of hydrogen-bond acceptors (Lipinski definition) is 8. The fraction of sp³-hybridized carbons (Fsp3) is 0.250.